The molecule has 1 atom stereocenters. The molecule has 0 aliphatic rings. The van der Waals surface area contributed by atoms with Crippen molar-refractivity contribution in [2.75, 3.05) is 13.2 Å². The minimum Gasteiger partial charge on any atom is -0.462 e. The predicted octanol–water partition coefficient (Wildman–Crippen LogP) is 5.22. The number of esters is 2. The lowest BCUT2D eigenvalue weighted by Gasteiger charge is -2.18. The molecule has 9 heteroatoms. The van der Waals surface area contributed by atoms with E-state index in [9.17, 15) is 14.2 Å². The summed E-state index contributed by atoms with van der Waals surface area (Å²) < 4.78 is 25.6. The SMILES string of the molecule is CCC/C=C\CCCCCCCC(=O)OC(COC(=O)CCCCC)COP(=O)(O)O. The summed E-state index contributed by atoms with van der Waals surface area (Å²) >= 11 is 0. The maximum Gasteiger partial charge on any atom is 0.469 e. The Balaban J connectivity index is 4.14. The lowest BCUT2D eigenvalue weighted by Crippen LogP contribution is -2.29. The van der Waals surface area contributed by atoms with Crippen LogP contribution in [-0.4, -0.2) is 41.0 Å². The maximum atomic E-state index is 12.0. The Morgan fingerprint density at radius 3 is 2.10 bits per heavy atom. The van der Waals surface area contributed by atoms with Crippen molar-refractivity contribution in [3.05, 3.63) is 12.2 Å². The second kappa shape index (κ2) is 19.5. The molecule has 0 radical (unpaired) electrons. The summed E-state index contributed by atoms with van der Waals surface area (Å²) in [6.07, 6.45) is 14.7. The molecule has 0 bridgehead atoms. The summed E-state index contributed by atoms with van der Waals surface area (Å²) in [5, 5.41) is 0. The fraction of sp³-hybridized carbons (Fsp3) is 0.818. The standard InChI is InChI=1S/C22H41O8P/c1-3-5-7-8-9-10-11-12-13-15-17-22(24)30-20(19-29-31(25,26)27)18-28-21(23)16-14-6-4-2/h7-8,20H,3-6,9-19H2,1-2H3,(H2,25,26,27)/b8-7-. The Labute approximate surface area is 187 Å². The molecule has 0 aliphatic heterocycles. The number of hydrogen-bond donors (Lipinski definition) is 2. The van der Waals surface area contributed by atoms with E-state index in [0.717, 1.165) is 51.4 Å². The smallest absolute Gasteiger partial charge is 0.462 e. The molecular formula is C22H41O8P. The normalized spacial score (nSPS) is 12.8. The van der Waals surface area contributed by atoms with E-state index in [1.807, 2.05) is 6.92 Å². The van der Waals surface area contributed by atoms with Gasteiger partial charge in [0.2, 0.25) is 0 Å². The van der Waals surface area contributed by atoms with Gasteiger partial charge in [-0.05, 0) is 32.1 Å². The van der Waals surface area contributed by atoms with Crippen molar-refractivity contribution in [3.63, 3.8) is 0 Å². The number of allylic oxidation sites excluding steroid dienone is 2. The van der Waals surface area contributed by atoms with E-state index in [1.54, 1.807) is 0 Å². The molecule has 2 N–H and O–H groups in total. The largest absolute Gasteiger partial charge is 0.469 e. The first-order chi connectivity index (χ1) is 14.8. The lowest BCUT2D eigenvalue weighted by molar-refractivity contribution is -0.161. The Morgan fingerprint density at radius 2 is 1.42 bits per heavy atom. The first-order valence-electron chi connectivity index (χ1n) is 11.5. The highest BCUT2D eigenvalue weighted by Gasteiger charge is 2.22. The molecule has 8 nitrogen and oxygen atoms in total. The van der Waals surface area contributed by atoms with Crippen molar-refractivity contribution in [1.82, 2.24) is 0 Å². The molecule has 0 spiro atoms. The molecule has 0 amide bonds. The van der Waals surface area contributed by atoms with Gasteiger partial charge in [0.1, 0.15) is 6.61 Å². The molecule has 0 rings (SSSR count). The zero-order valence-corrected chi connectivity index (χ0v) is 20.0. The Hall–Kier alpha value is -1.21. The summed E-state index contributed by atoms with van der Waals surface area (Å²) in [5.74, 6) is -0.931. The second-order valence-corrected chi connectivity index (χ2v) is 8.84. The van der Waals surface area contributed by atoms with Crippen molar-refractivity contribution in [2.45, 2.75) is 103 Å². The number of phosphoric ester groups is 1. The minimum atomic E-state index is -4.71. The van der Waals surface area contributed by atoms with Crippen molar-refractivity contribution >= 4 is 19.8 Å². The molecule has 1 unspecified atom stereocenters. The first kappa shape index (κ1) is 29.8. The van der Waals surface area contributed by atoms with Crippen LogP contribution in [0.2, 0.25) is 0 Å². The van der Waals surface area contributed by atoms with Gasteiger partial charge in [-0.25, -0.2) is 4.57 Å². The fourth-order valence-electron chi connectivity index (χ4n) is 2.78. The van der Waals surface area contributed by atoms with Gasteiger partial charge in [0.15, 0.2) is 6.10 Å². The number of carbonyl (C=O) groups is 2. The van der Waals surface area contributed by atoms with E-state index in [4.69, 9.17) is 19.3 Å². The van der Waals surface area contributed by atoms with Gasteiger partial charge >= 0.3 is 19.8 Å². The summed E-state index contributed by atoms with van der Waals surface area (Å²) in [7, 11) is -4.71. The van der Waals surface area contributed by atoms with E-state index in [2.05, 4.69) is 23.6 Å². The van der Waals surface area contributed by atoms with E-state index in [0.29, 0.717) is 12.8 Å². The molecule has 31 heavy (non-hydrogen) atoms. The van der Waals surface area contributed by atoms with Gasteiger partial charge in [0, 0.05) is 12.8 Å². The van der Waals surface area contributed by atoms with Crippen LogP contribution in [0.5, 0.6) is 0 Å². The zero-order chi connectivity index (χ0) is 23.4. The van der Waals surface area contributed by atoms with Gasteiger partial charge in [-0.3, -0.25) is 14.1 Å². The lowest BCUT2D eigenvalue weighted by atomic mass is 10.1. The Kier molecular flexibility index (Phi) is 18.7. The maximum absolute atomic E-state index is 12.0. The monoisotopic (exact) mass is 464 g/mol. The average Bonchev–Trinajstić information content (AvgIpc) is 2.71. The topological polar surface area (TPSA) is 119 Å². The van der Waals surface area contributed by atoms with Crippen LogP contribution in [-0.2, 0) is 28.2 Å². The summed E-state index contributed by atoms with van der Waals surface area (Å²) in [6, 6.07) is 0. The minimum absolute atomic E-state index is 0.202. The molecule has 0 aromatic rings. The van der Waals surface area contributed by atoms with E-state index >= 15 is 0 Å². The van der Waals surface area contributed by atoms with Crippen LogP contribution in [0.1, 0.15) is 97.3 Å². The van der Waals surface area contributed by atoms with Gasteiger partial charge in [0.25, 0.3) is 0 Å². The molecular weight excluding hydrogens is 423 g/mol. The average molecular weight is 465 g/mol. The van der Waals surface area contributed by atoms with Gasteiger partial charge in [-0.15, -0.1) is 0 Å². The summed E-state index contributed by atoms with van der Waals surface area (Å²) in [5.41, 5.74) is 0. The molecule has 0 aromatic carbocycles. The van der Waals surface area contributed by atoms with Crippen LogP contribution in [0.4, 0.5) is 0 Å². The third kappa shape index (κ3) is 21.8. The van der Waals surface area contributed by atoms with Crippen molar-refractivity contribution in [1.29, 1.82) is 0 Å². The first-order valence-corrected chi connectivity index (χ1v) is 13.0. The molecule has 0 saturated heterocycles. The van der Waals surface area contributed by atoms with Crippen molar-refractivity contribution in [2.24, 2.45) is 0 Å². The molecule has 0 aromatic heterocycles. The third-order valence-corrected chi connectivity index (χ3v) is 5.00. The number of phosphoric acid groups is 1. The third-order valence-electron chi connectivity index (χ3n) is 4.52. The molecule has 182 valence electrons. The van der Waals surface area contributed by atoms with Crippen molar-refractivity contribution in [3.8, 4) is 0 Å². The van der Waals surface area contributed by atoms with Crippen LogP contribution in [0.3, 0.4) is 0 Å². The highest BCUT2D eigenvalue weighted by molar-refractivity contribution is 7.46. The number of hydrogen-bond acceptors (Lipinski definition) is 6. The van der Waals surface area contributed by atoms with Gasteiger partial charge in [-0.2, -0.15) is 0 Å². The fourth-order valence-corrected chi connectivity index (χ4v) is 3.14. The van der Waals surface area contributed by atoms with E-state index in [1.165, 1.54) is 6.42 Å². The van der Waals surface area contributed by atoms with Crippen LogP contribution in [0, 0.1) is 0 Å². The zero-order valence-electron chi connectivity index (χ0n) is 19.1. The van der Waals surface area contributed by atoms with Crippen molar-refractivity contribution < 1.29 is 37.9 Å². The molecule has 0 saturated carbocycles. The van der Waals surface area contributed by atoms with Crippen LogP contribution in [0.25, 0.3) is 0 Å². The highest BCUT2D eigenvalue weighted by Crippen LogP contribution is 2.35. The Bertz CT molecular complexity index is 544. The van der Waals surface area contributed by atoms with Crippen LogP contribution < -0.4 is 0 Å². The summed E-state index contributed by atoms with van der Waals surface area (Å²) in [4.78, 5) is 41.5. The molecule has 0 heterocycles. The summed E-state index contributed by atoms with van der Waals surface area (Å²) in [6.45, 7) is 3.35. The highest BCUT2D eigenvalue weighted by atomic mass is 31.2. The predicted molar refractivity (Wildman–Crippen MR) is 119 cm³/mol. The number of rotatable bonds is 20. The van der Waals surface area contributed by atoms with Crippen LogP contribution in [0.15, 0.2) is 12.2 Å². The number of carbonyl (C=O) groups excluding carboxylic acids is 2. The molecule has 0 aliphatic carbocycles. The second-order valence-electron chi connectivity index (χ2n) is 7.60. The number of unbranched alkanes of at least 4 members (excludes halogenated alkanes) is 8. The Morgan fingerprint density at radius 1 is 0.806 bits per heavy atom. The van der Waals surface area contributed by atoms with E-state index < -0.39 is 32.5 Å². The van der Waals surface area contributed by atoms with Gasteiger partial charge in [-0.1, -0.05) is 64.5 Å². The van der Waals surface area contributed by atoms with Gasteiger partial charge < -0.3 is 19.3 Å². The van der Waals surface area contributed by atoms with E-state index in [-0.39, 0.29) is 19.4 Å². The van der Waals surface area contributed by atoms with Gasteiger partial charge in [0.05, 0.1) is 6.61 Å². The quantitative estimate of drug-likeness (QED) is 0.109. The molecule has 0 fully saturated rings. The number of ether oxygens (including phenoxy) is 2. The van der Waals surface area contributed by atoms with Crippen LogP contribution >= 0.6 is 7.82 Å².